The molecule has 1 unspecified atom stereocenters. The van der Waals surface area contributed by atoms with E-state index in [1.54, 1.807) is 12.2 Å². The molecule has 1 aromatic heterocycles. The number of halogens is 5. The molecule has 0 aliphatic carbocycles. The summed E-state index contributed by atoms with van der Waals surface area (Å²) in [5.74, 6) is -1.56. The average molecular weight is 379 g/mol. The second-order valence-corrected chi connectivity index (χ2v) is 5.79. The summed E-state index contributed by atoms with van der Waals surface area (Å²) < 4.78 is 66.8. The molecule has 2 aromatic rings. The fraction of sp³-hybridized carbons (Fsp3) is 0.235. The minimum absolute atomic E-state index is 0.121. The van der Waals surface area contributed by atoms with E-state index in [1.165, 1.54) is 24.3 Å². The van der Waals surface area contributed by atoms with Crippen LogP contribution in [0.15, 0.2) is 40.9 Å². The monoisotopic (exact) mass is 379 g/mol. The zero-order chi connectivity index (χ0) is 19.9. The molecule has 27 heavy (non-hydrogen) atoms. The van der Waals surface area contributed by atoms with Gasteiger partial charge in [0.15, 0.2) is 0 Å². The van der Waals surface area contributed by atoms with Gasteiger partial charge in [0.1, 0.15) is 5.70 Å². The summed E-state index contributed by atoms with van der Waals surface area (Å²) >= 11 is 0. The van der Waals surface area contributed by atoms with Crippen LogP contribution in [-0.4, -0.2) is 22.8 Å². The highest BCUT2D eigenvalue weighted by Crippen LogP contribution is 2.44. The second-order valence-electron chi connectivity index (χ2n) is 5.79. The minimum atomic E-state index is -5.06. The quantitative estimate of drug-likeness (QED) is 0.604. The molecule has 2 heterocycles. The summed E-state index contributed by atoms with van der Waals surface area (Å²) in [7, 11) is 0. The number of aromatic nitrogens is 2. The number of rotatable bonds is 2. The largest absolute Gasteiger partial charge is 0.432 e. The molecule has 0 fully saturated rings. The molecule has 1 aliphatic heterocycles. The van der Waals surface area contributed by atoms with E-state index in [-0.39, 0.29) is 5.56 Å². The Bertz CT molecular complexity index is 1060. The Balaban J connectivity index is 2.32. The molecule has 0 bridgehead atoms. The van der Waals surface area contributed by atoms with Crippen LogP contribution < -0.4 is 5.32 Å². The van der Waals surface area contributed by atoms with Crippen LogP contribution >= 0.6 is 0 Å². The molecule has 5 nitrogen and oxygen atoms in total. The van der Waals surface area contributed by atoms with Crippen molar-refractivity contribution in [1.29, 1.82) is 5.26 Å². The molecule has 1 aromatic carbocycles. The van der Waals surface area contributed by atoms with E-state index >= 15 is 0 Å². The number of aromatic amines is 1. The van der Waals surface area contributed by atoms with Gasteiger partial charge in [-0.05, 0) is 24.6 Å². The Morgan fingerprint density at radius 1 is 1.33 bits per heavy atom. The van der Waals surface area contributed by atoms with Crippen molar-refractivity contribution < 1.29 is 22.0 Å². The van der Waals surface area contributed by atoms with Crippen molar-refractivity contribution in [2.45, 2.75) is 25.4 Å². The van der Waals surface area contributed by atoms with Crippen LogP contribution in [-0.2, 0) is 0 Å². The number of nitriles is 1. The van der Waals surface area contributed by atoms with Gasteiger partial charge in [-0.15, -0.1) is 0 Å². The van der Waals surface area contributed by atoms with E-state index in [4.69, 9.17) is 6.57 Å². The van der Waals surface area contributed by atoms with Crippen LogP contribution in [0.4, 0.5) is 22.0 Å². The van der Waals surface area contributed by atoms with E-state index in [2.05, 4.69) is 15.0 Å². The van der Waals surface area contributed by atoms with E-state index in [0.717, 1.165) is 0 Å². The predicted octanol–water partition coefficient (Wildman–Crippen LogP) is 4.29. The molecule has 0 spiro atoms. The molecule has 3 rings (SSSR count). The predicted molar refractivity (Wildman–Crippen MR) is 85.0 cm³/mol. The summed E-state index contributed by atoms with van der Waals surface area (Å²) in [6.07, 6.45) is -8.40. The lowest BCUT2D eigenvalue weighted by Gasteiger charge is -2.29. The highest BCUT2D eigenvalue weighted by molar-refractivity contribution is 5.82. The van der Waals surface area contributed by atoms with Crippen molar-refractivity contribution in [3.63, 3.8) is 0 Å². The molecule has 0 saturated carbocycles. The van der Waals surface area contributed by atoms with Gasteiger partial charge < -0.3 is 5.32 Å². The highest BCUT2D eigenvalue weighted by atomic mass is 19.4. The summed E-state index contributed by atoms with van der Waals surface area (Å²) in [6.45, 7) is 8.91. The van der Waals surface area contributed by atoms with E-state index < -0.39 is 41.2 Å². The first-order chi connectivity index (χ1) is 12.7. The van der Waals surface area contributed by atoms with Gasteiger partial charge in [0, 0.05) is 11.1 Å². The molecule has 0 saturated heterocycles. The van der Waals surface area contributed by atoms with Crippen LogP contribution in [0.25, 0.3) is 15.7 Å². The summed E-state index contributed by atoms with van der Waals surface area (Å²) in [5, 5.41) is 18.2. The molecule has 138 valence electrons. The molecule has 1 aliphatic rings. The first-order valence-electron chi connectivity index (χ1n) is 7.51. The van der Waals surface area contributed by atoms with Gasteiger partial charge >= 0.3 is 6.18 Å². The van der Waals surface area contributed by atoms with E-state index in [1.807, 2.05) is 0 Å². The average Bonchev–Trinajstić information content (AvgIpc) is 2.99. The topological polar surface area (TPSA) is 68.9 Å². The van der Waals surface area contributed by atoms with Crippen LogP contribution in [0.2, 0.25) is 0 Å². The molecule has 1 atom stereocenters. The summed E-state index contributed by atoms with van der Waals surface area (Å²) in [5.41, 5.74) is -2.95. The van der Waals surface area contributed by atoms with Crippen LogP contribution in [0, 0.1) is 24.8 Å². The lowest BCUT2D eigenvalue weighted by atomic mass is 9.83. The zero-order valence-electron chi connectivity index (χ0n) is 13.6. The standard InChI is InChI=1S/C17H10F5N5/c1-7-9-5-8(3-4-11(9)27-26-7)12-10(6-23)15(17(20,21)22)25-14(16(18)19)13(12)24-2/h3-5,12,16,25H,1H3,(H,26,27). The number of alkyl halides is 5. The van der Waals surface area contributed by atoms with Gasteiger partial charge in [-0.25, -0.2) is 13.6 Å². The number of dihydropyridines is 1. The van der Waals surface area contributed by atoms with Crippen molar-refractivity contribution in [2.75, 3.05) is 0 Å². The second kappa shape index (κ2) is 6.40. The zero-order valence-corrected chi connectivity index (χ0v) is 13.6. The number of nitrogens with one attached hydrogen (secondary N) is 2. The smallest absolute Gasteiger partial charge is 0.359 e. The molecule has 10 heteroatoms. The van der Waals surface area contributed by atoms with Gasteiger partial charge in [0.05, 0.1) is 35.3 Å². The third kappa shape index (κ3) is 2.99. The van der Waals surface area contributed by atoms with Crippen molar-refractivity contribution in [3.8, 4) is 6.07 Å². The number of hydrogen-bond donors (Lipinski definition) is 2. The number of allylic oxidation sites excluding steroid dienone is 3. The Hall–Kier alpha value is -3.40. The number of hydrogen-bond acceptors (Lipinski definition) is 3. The normalized spacial score (nSPS) is 17.9. The maximum atomic E-state index is 13.4. The third-order valence-corrected chi connectivity index (χ3v) is 4.21. The van der Waals surface area contributed by atoms with Gasteiger partial charge in [-0.1, -0.05) is 6.07 Å². The lowest BCUT2D eigenvalue weighted by molar-refractivity contribution is -0.0975. The van der Waals surface area contributed by atoms with Gasteiger partial charge in [-0.3, -0.25) is 5.10 Å². The van der Waals surface area contributed by atoms with Crippen molar-refractivity contribution in [3.05, 3.63) is 63.5 Å². The Morgan fingerprint density at radius 2 is 2.04 bits per heavy atom. The molecular formula is C17H10F5N5. The molecule has 0 radical (unpaired) electrons. The van der Waals surface area contributed by atoms with Crippen molar-refractivity contribution in [2.24, 2.45) is 0 Å². The fourth-order valence-corrected chi connectivity index (χ4v) is 3.00. The molecule has 0 amide bonds. The van der Waals surface area contributed by atoms with E-state index in [9.17, 15) is 27.2 Å². The fourth-order valence-electron chi connectivity index (χ4n) is 3.00. The first-order valence-corrected chi connectivity index (χ1v) is 7.51. The molecular weight excluding hydrogens is 369 g/mol. The van der Waals surface area contributed by atoms with Gasteiger partial charge in [-0.2, -0.15) is 23.5 Å². The third-order valence-electron chi connectivity index (χ3n) is 4.21. The molecule has 2 N–H and O–H groups in total. The number of H-pyrrole nitrogens is 1. The Morgan fingerprint density at radius 3 is 2.59 bits per heavy atom. The van der Waals surface area contributed by atoms with Gasteiger partial charge in [0.2, 0.25) is 5.70 Å². The van der Waals surface area contributed by atoms with Crippen molar-refractivity contribution >= 4 is 10.9 Å². The number of fused-ring (bicyclic) bond motifs is 1. The highest BCUT2D eigenvalue weighted by Gasteiger charge is 2.45. The van der Waals surface area contributed by atoms with Crippen molar-refractivity contribution in [1.82, 2.24) is 15.5 Å². The van der Waals surface area contributed by atoms with Crippen LogP contribution in [0.5, 0.6) is 0 Å². The Kier molecular flexibility index (Phi) is 4.36. The summed E-state index contributed by atoms with van der Waals surface area (Å²) in [6, 6.07) is 5.75. The lowest BCUT2D eigenvalue weighted by Crippen LogP contribution is -2.36. The van der Waals surface area contributed by atoms with Gasteiger partial charge in [0.25, 0.3) is 6.43 Å². The number of nitrogens with zero attached hydrogens (tertiary/aromatic N) is 3. The number of aryl methyl sites for hydroxylation is 1. The minimum Gasteiger partial charge on any atom is -0.359 e. The number of benzene rings is 1. The van der Waals surface area contributed by atoms with Crippen LogP contribution in [0.3, 0.4) is 0 Å². The van der Waals surface area contributed by atoms with Crippen LogP contribution in [0.1, 0.15) is 17.2 Å². The maximum Gasteiger partial charge on any atom is 0.432 e. The maximum absolute atomic E-state index is 13.4. The summed E-state index contributed by atoms with van der Waals surface area (Å²) in [4.78, 5) is 3.02. The Labute approximate surface area is 149 Å². The van der Waals surface area contributed by atoms with E-state index in [0.29, 0.717) is 16.6 Å². The SMILES string of the molecule is [C-]#[N+]C1=C(C(F)F)NC(C(F)(F)F)=C(C#N)C1c1ccc2n[nH]c(C)c2c1. The first kappa shape index (κ1) is 18.4.